The summed E-state index contributed by atoms with van der Waals surface area (Å²) >= 11 is 17.1. The second-order valence-electron chi connectivity index (χ2n) is 5.63. The number of non-ortho nitro benzene ring substituents is 1. The molecular weight excluding hydrogens is 439 g/mol. The monoisotopic (exact) mass is 450 g/mol. The molecule has 3 rings (SSSR count). The van der Waals surface area contributed by atoms with Crippen molar-refractivity contribution in [2.75, 3.05) is 5.43 Å². The molecule has 0 radical (unpaired) electrons. The van der Waals surface area contributed by atoms with Crippen LogP contribution in [0.5, 0.6) is 0 Å². The van der Waals surface area contributed by atoms with E-state index in [0.717, 1.165) is 0 Å². The molecule has 0 aliphatic rings. The Morgan fingerprint density at radius 1 is 1.07 bits per heavy atom. The van der Waals surface area contributed by atoms with Gasteiger partial charge in [-0.3, -0.25) is 31.1 Å². The van der Waals surface area contributed by atoms with Gasteiger partial charge in [-0.2, -0.15) is 0 Å². The van der Waals surface area contributed by atoms with Crippen LogP contribution in [0.15, 0.2) is 59.0 Å². The first-order chi connectivity index (χ1) is 13.8. The van der Waals surface area contributed by atoms with E-state index < -0.39 is 10.8 Å². The molecule has 0 aliphatic carbocycles. The number of thiocarbonyl (C=S) groups is 1. The van der Waals surface area contributed by atoms with Gasteiger partial charge in [-0.1, -0.05) is 23.2 Å². The summed E-state index contributed by atoms with van der Waals surface area (Å²) in [6.45, 7) is 0. The first-order valence-corrected chi connectivity index (χ1v) is 9.17. The van der Waals surface area contributed by atoms with Gasteiger partial charge in [0.1, 0.15) is 5.76 Å². The van der Waals surface area contributed by atoms with Crippen LogP contribution in [0.4, 0.5) is 11.4 Å². The van der Waals surface area contributed by atoms with Gasteiger partial charge in [-0.05, 0) is 54.7 Å². The second-order valence-corrected chi connectivity index (χ2v) is 6.88. The molecule has 148 valence electrons. The Labute approximate surface area is 179 Å². The Hall–Kier alpha value is -3.14. The Bertz CT molecular complexity index is 1090. The highest BCUT2D eigenvalue weighted by molar-refractivity contribution is 7.80. The lowest BCUT2D eigenvalue weighted by Crippen LogP contribution is -2.41. The minimum Gasteiger partial charge on any atom is -0.451 e. The predicted octanol–water partition coefficient (Wildman–Crippen LogP) is 4.79. The van der Waals surface area contributed by atoms with E-state index in [2.05, 4.69) is 16.2 Å². The molecule has 0 aliphatic heterocycles. The van der Waals surface area contributed by atoms with Crippen molar-refractivity contribution in [2.24, 2.45) is 0 Å². The van der Waals surface area contributed by atoms with E-state index in [-0.39, 0.29) is 16.6 Å². The number of nitro groups is 1. The van der Waals surface area contributed by atoms with E-state index in [1.807, 2.05) is 0 Å². The molecule has 1 aromatic heterocycles. The molecule has 8 nitrogen and oxygen atoms in total. The fraction of sp³-hybridized carbons (Fsp3) is 0. The predicted molar refractivity (Wildman–Crippen MR) is 114 cm³/mol. The third kappa shape index (κ3) is 5.23. The summed E-state index contributed by atoms with van der Waals surface area (Å²) in [6.07, 6.45) is 0. The summed E-state index contributed by atoms with van der Waals surface area (Å²) in [4.78, 5) is 22.4. The van der Waals surface area contributed by atoms with Crippen molar-refractivity contribution >= 4 is 57.8 Å². The number of hydrogen-bond donors (Lipinski definition) is 3. The zero-order valence-electron chi connectivity index (χ0n) is 14.4. The van der Waals surface area contributed by atoms with E-state index in [0.29, 0.717) is 27.1 Å². The lowest BCUT2D eigenvalue weighted by Gasteiger charge is -2.10. The van der Waals surface area contributed by atoms with Crippen LogP contribution in [0.25, 0.3) is 11.3 Å². The first kappa shape index (κ1) is 20.6. The zero-order chi connectivity index (χ0) is 21.0. The number of anilines is 1. The van der Waals surface area contributed by atoms with Crippen molar-refractivity contribution in [1.29, 1.82) is 0 Å². The molecule has 0 bridgehead atoms. The van der Waals surface area contributed by atoms with E-state index >= 15 is 0 Å². The van der Waals surface area contributed by atoms with E-state index in [9.17, 15) is 14.9 Å². The lowest BCUT2D eigenvalue weighted by molar-refractivity contribution is -0.384. The molecule has 0 atom stereocenters. The molecule has 0 fully saturated rings. The summed E-state index contributed by atoms with van der Waals surface area (Å²) in [5.41, 5.74) is 6.35. The minimum atomic E-state index is -0.572. The number of hydrazine groups is 1. The van der Waals surface area contributed by atoms with Crippen molar-refractivity contribution in [3.8, 4) is 11.3 Å². The molecule has 2 aromatic carbocycles. The van der Waals surface area contributed by atoms with Crippen molar-refractivity contribution < 1.29 is 14.1 Å². The van der Waals surface area contributed by atoms with Gasteiger partial charge in [-0.25, -0.2) is 0 Å². The van der Waals surface area contributed by atoms with Gasteiger partial charge in [0.2, 0.25) is 0 Å². The molecule has 3 aromatic rings. The van der Waals surface area contributed by atoms with Crippen molar-refractivity contribution in [3.63, 3.8) is 0 Å². The van der Waals surface area contributed by atoms with Crippen LogP contribution in [0, 0.1) is 10.1 Å². The number of amides is 1. The van der Waals surface area contributed by atoms with Gasteiger partial charge in [0.05, 0.1) is 15.6 Å². The number of nitrogens with one attached hydrogen (secondary N) is 3. The van der Waals surface area contributed by atoms with Crippen LogP contribution in [0.3, 0.4) is 0 Å². The highest BCUT2D eigenvalue weighted by Crippen LogP contribution is 2.31. The summed E-state index contributed by atoms with van der Waals surface area (Å²) < 4.78 is 5.54. The number of nitrogens with zero attached hydrogens (tertiary/aromatic N) is 1. The van der Waals surface area contributed by atoms with Crippen molar-refractivity contribution in [2.45, 2.75) is 0 Å². The highest BCUT2D eigenvalue weighted by atomic mass is 35.5. The number of furan rings is 1. The second kappa shape index (κ2) is 8.91. The number of carbonyl (C=O) groups is 1. The van der Waals surface area contributed by atoms with Crippen LogP contribution >= 0.6 is 35.4 Å². The van der Waals surface area contributed by atoms with Crippen LogP contribution in [-0.4, -0.2) is 15.9 Å². The van der Waals surface area contributed by atoms with E-state index in [4.69, 9.17) is 39.8 Å². The third-order valence-electron chi connectivity index (χ3n) is 3.65. The van der Waals surface area contributed by atoms with Crippen molar-refractivity contribution in [1.82, 2.24) is 10.7 Å². The van der Waals surface area contributed by atoms with E-state index in [1.54, 1.807) is 24.3 Å². The SMILES string of the molecule is O=C(NC(=S)NNc1ccc([N+](=O)[O-])cc1)c1ccc(-c2cc(Cl)ccc2Cl)o1. The summed E-state index contributed by atoms with van der Waals surface area (Å²) in [5.74, 6) is -0.168. The summed E-state index contributed by atoms with van der Waals surface area (Å²) in [6, 6.07) is 13.6. The Morgan fingerprint density at radius 3 is 2.48 bits per heavy atom. The molecule has 0 unspecified atom stereocenters. The average Bonchev–Trinajstić information content (AvgIpc) is 3.18. The zero-order valence-corrected chi connectivity index (χ0v) is 16.8. The topological polar surface area (TPSA) is 109 Å². The number of halogens is 2. The standard InChI is InChI=1S/C18H12Cl2N4O4S/c19-10-1-6-14(20)13(9-10)15-7-8-16(28-15)17(25)21-18(29)23-22-11-2-4-12(5-3-11)24(26)27/h1-9,22H,(H2,21,23,25,29). The molecule has 0 saturated carbocycles. The van der Waals surface area contributed by atoms with Gasteiger partial charge >= 0.3 is 0 Å². The molecule has 29 heavy (non-hydrogen) atoms. The molecule has 11 heteroatoms. The van der Waals surface area contributed by atoms with E-state index in [1.165, 1.54) is 30.3 Å². The Balaban J connectivity index is 1.59. The number of hydrogen-bond acceptors (Lipinski definition) is 6. The number of benzene rings is 2. The lowest BCUT2D eigenvalue weighted by atomic mass is 10.2. The van der Waals surface area contributed by atoms with Crippen LogP contribution < -0.4 is 16.2 Å². The van der Waals surface area contributed by atoms with Gasteiger partial charge in [0, 0.05) is 22.7 Å². The van der Waals surface area contributed by atoms with Crippen LogP contribution in [0.1, 0.15) is 10.6 Å². The molecule has 1 amide bonds. The molecule has 0 spiro atoms. The quantitative estimate of drug-likeness (QED) is 0.291. The van der Waals surface area contributed by atoms with Crippen LogP contribution in [-0.2, 0) is 0 Å². The highest BCUT2D eigenvalue weighted by Gasteiger charge is 2.15. The Kier molecular flexibility index (Phi) is 6.32. The maximum absolute atomic E-state index is 12.3. The number of carbonyl (C=O) groups excluding carboxylic acids is 1. The Morgan fingerprint density at radius 2 is 1.79 bits per heavy atom. The maximum atomic E-state index is 12.3. The van der Waals surface area contributed by atoms with Gasteiger partial charge in [0.25, 0.3) is 11.6 Å². The third-order valence-corrected chi connectivity index (χ3v) is 4.42. The summed E-state index contributed by atoms with van der Waals surface area (Å²) in [7, 11) is 0. The molecular formula is C18H12Cl2N4O4S. The molecule has 3 N–H and O–H groups in total. The van der Waals surface area contributed by atoms with Gasteiger partial charge in [0.15, 0.2) is 10.9 Å². The normalized spacial score (nSPS) is 10.3. The van der Waals surface area contributed by atoms with Crippen LogP contribution in [0.2, 0.25) is 10.0 Å². The molecule has 0 saturated heterocycles. The summed E-state index contributed by atoms with van der Waals surface area (Å²) in [5, 5.41) is 14.0. The fourth-order valence-corrected chi connectivity index (χ4v) is 2.81. The first-order valence-electron chi connectivity index (χ1n) is 8.00. The smallest absolute Gasteiger partial charge is 0.293 e. The minimum absolute atomic E-state index is 0.0212. The largest absolute Gasteiger partial charge is 0.451 e. The molecule has 1 heterocycles. The number of nitro benzene ring substituents is 1. The fourth-order valence-electron chi connectivity index (χ4n) is 2.28. The van der Waals surface area contributed by atoms with Gasteiger partial charge in [-0.15, -0.1) is 0 Å². The average molecular weight is 451 g/mol. The van der Waals surface area contributed by atoms with Gasteiger partial charge < -0.3 is 4.42 Å². The number of rotatable bonds is 5. The van der Waals surface area contributed by atoms with Crippen molar-refractivity contribution in [3.05, 3.63) is 80.5 Å². The maximum Gasteiger partial charge on any atom is 0.293 e.